The maximum Gasteiger partial charge on any atom is 0.254 e. The largest absolute Gasteiger partial charge is 0.325 e. The zero-order valence-corrected chi connectivity index (χ0v) is 12.8. The summed E-state index contributed by atoms with van der Waals surface area (Å²) in [6, 6.07) is 14.7. The maximum absolute atomic E-state index is 12.5. The highest BCUT2D eigenvalue weighted by Crippen LogP contribution is 2.22. The Morgan fingerprint density at radius 3 is 2.52 bits per heavy atom. The Bertz CT molecular complexity index is 698. The lowest BCUT2D eigenvalue weighted by Gasteiger charge is -2.19. The number of para-hydroxylation sites is 1. The average molecular weight is 345 g/mol. The van der Waals surface area contributed by atoms with Crippen molar-refractivity contribution in [2.24, 2.45) is 0 Å². The smallest absolute Gasteiger partial charge is 0.254 e. The van der Waals surface area contributed by atoms with E-state index in [9.17, 15) is 9.59 Å². The molecule has 2 aromatic rings. The molecule has 0 aromatic heterocycles. The summed E-state index contributed by atoms with van der Waals surface area (Å²) in [5, 5.41) is 2.83. The molecule has 1 N–H and O–H groups in total. The lowest BCUT2D eigenvalue weighted by molar-refractivity contribution is -0.116. The average Bonchev–Trinajstić information content (AvgIpc) is 2.65. The van der Waals surface area contributed by atoms with E-state index in [2.05, 4.69) is 21.2 Å². The van der Waals surface area contributed by atoms with Crippen molar-refractivity contribution in [3.8, 4) is 0 Å². The molecular formula is C16H13BrN2O2. The van der Waals surface area contributed by atoms with Crippen LogP contribution in [0.4, 0.5) is 5.69 Å². The summed E-state index contributed by atoms with van der Waals surface area (Å²) >= 11 is 3.34. The van der Waals surface area contributed by atoms with Crippen molar-refractivity contribution in [3.05, 3.63) is 64.1 Å². The first-order valence-corrected chi connectivity index (χ1v) is 7.35. The van der Waals surface area contributed by atoms with Crippen LogP contribution < -0.4 is 5.32 Å². The van der Waals surface area contributed by atoms with Gasteiger partial charge in [-0.25, -0.2) is 0 Å². The molecule has 3 rings (SSSR count). The Balaban J connectivity index is 1.90. The van der Waals surface area contributed by atoms with Crippen LogP contribution in [0.15, 0.2) is 53.0 Å². The number of halogens is 1. The molecule has 1 aliphatic heterocycles. The van der Waals surface area contributed by atoms with Gasteiger partial charge in [0.05, 0.1) is 0 Å². The first-order valence-electron chi connectivity index (χ1n) is 6.56. The summed E-state index contributed by atoms with van der Waals surface area (Å²) in [4.78, 5) is 26.0. The van der Waals surface area contributed by atoms with Crippen molar-refractivity contribution >= 4 is 33.4 Å². The number of fused-ring (bicyclic) bond motifs is 1. The van der Waals surface area contributed by atoms with Gasteiger partial charge in [-0.1, -0.05) is 34.1 Å². The molecule has 1 aliphatic rings. The summed E-state index contributed by atoms with van der Waals surface area (Å²) in [5.74, 6) is -0.320. The van der Waals surface area contributed by atoms with Crippen LogP contribution in [0.5, 0.6) is 0 Å². The second kappa shape index (κ2) is 5.69. The predicted octanol–water partition coefficient (Wildman–Crippen LogP) is 3.04. The molecule has 0 bridgehead atoms. The molecule has 1 heterocycles. The first kappa shape index (κ1) is 13.8. The Kier molecular flexibility index (Phi) is 3.75. The molecule has 4 nitrogen and oxygen atoms in total. The van der Waals surface area contributed by atoms with E-state index in [1.807, 2.05) is 36.4 Å². The summed E-state index contributed by atoms with van der Waals surface area (Å²) < 4.78 is 0.915. The number of carbonyl (C=O) groups excluding carboxylic acids is 2. The Morgan fingerprint density at radius 1 is 1.05 bits per heavy atom. The fraction of sp³-hybridized carbons (Fsp3) is 0.125. The molecular weight excluding hydrogens is 332 g/mol. The monoisotopic (exact) mass is 344 g/mol. The fourth-order valence-corrected chi connectivity index (χ4v) is 2.59. The van der Waals surface area contributed by atoms with Gasteiger partial charge in [-0.3, -0.25) is 9.59 Å². The van der Waals surface area contributed by atoms with Gasteiger partial charge in [0.15, 0.2) is 0 Å². The molecule has 0 unspecified atom stereocenters. The van der Waals surface area contributed by atoms with Crippen molar-refractivity contribution in [2.45, 2.75) is 6.54 Å². The van der Waals surface area contributed by atoms with Crippen molar-refractivity contribution < 1.29 is 9.59 Å². The quantitative estimate of drug-likeness (QED) is 0.864. The van der Waals surface area contributed by atoms with Gasteiger partial charge in [0.25, 0.3) is 5.91 Å². The van der Waals surface area contributed by atoms with Gasteiger partial charge < -0.3 is 10.2 Å². The number of benzene rings is 2. The number of nitrogens with zero attached hydrogens (tertiary/aromatic N) is 1. The van der Waals surface area contributed by atoms with Crippen molar-refractivity contribution in [1.82, 2.24) is 4.90 Å². The molecule has 0 radical (unpaired) electrons. The molecule has 0 saturated heterocycles. The number of anilines is 1. The normalized spacial score (nSPS) is 14.1. The van der Waals surface area contributed by atoms with E-state index < -0.39 is 0 Å². The molecule has 5 heteroatoms. The van der Waals surface area contributed by atoms with E-state index in [1.165, 1.54) is 0 Å². The van der Waals surface area contributed by atoms with E-state index in [4.69, 9.17) is 0 Å². The SMILES string of the molecule is O=C1CN(C(=O)c2ccc(Br)cc2)Cc2ccccc2N1. The van der Waals surface area contributed by atoms with Gasteiger partial charge in [-0.15, -0.1) is 0 Å². The van der Waals surface area contributed by atoms with Crippen LogP contribution in [0, 0.1) is 0 Å². The molecule has 0 aliphatic carbocycles. The van der Waals surface area contributed by atoms with Gasteiger partial charge in [-0.2, -0.15) is 0 Å². The number of hydrogen-bond acceptors (Lipinski definition) is 2. The van der Waals surface area contributed by atoms with Gasteiger partial charge in [0, 0.05) is 22.3 Å². The standard InChI is InChI=1S/C16H13BrN2O2/c17-13-7-5-11(6-8-13)16(21)19-9-12-3-1-2-4-14(12)18-15(20)10-19/h1-8H,9-10H2,(H,18,20). The highest BCUT2D eigenvalue weighted by atomic mass is 79.9. The lowest BCUT2D eigenvalue weighted by Crippen LogP contribution is -2.35. The third-order valence-corrected chi connectivity index (χ3v) is 3.89. The molecule has 2 aromatic carbocycles. The highest BCUT2D eigenvalue weighted by molar-refractivity contribution is 9.10. The predicted molar refractivity (Wildman–Crippen MR) is 84.0 cm³/mol. The second-order valence-electron chi connectivity index (χ2n) is 4.87. The van der Waals surface area contributed by atoms with Gasteiger partial charge in [-0.05, 0) is 35.9 Å². The third-order valence-electron chi connectivity index (χ3n) is 3.37. The van der Waals surface area contributed by atoms with Crippen LogP contribution in [0.2, 0.25) is 0 Å². The number of hydrogen-bond donors (Lipinski definition) is 1. The van der Waals surface area contributed by atoms with Crippen LogP contribution in [0.1, 0.15) is 15.9 Å². The van der Waals surface area contributed by atoms with Gasteiger partial charge >= 0.3 is 0 Å². The number of nitrogens with one attached hydrogen (secondary N) is 1. The van der Waals surface area contributed by atoms with Crippen LogP contribution >= 0.6 is 15.9 Å². The number of carbonyl (C=O) groups is 2. The minimum Gasteiger partial charge on any atom is -0.325 e. The Morgan fingerprint density at radius 2 is 1.76 bits per heavy atom. The summed E-state index contributed by atoms with van der Waals surface area (Å²) in [6.07, 6.45) is 0. The first-order chi connectivity index (χ1) is 10.1. The fourth-order valence-electron chi connectivity index (χ4n) is 2.32. The van der Waals surface area contributed by atoms with Gasteiger partial charge in [0.1, 0.15) is 6.54 Å². The van der Waals surface area contributed by atoms with Crippen molar-refractivity contribution in [3.63, 3.8) is 0 Å². The molecule has 0 spiro atoms. The maximum atomic E-state index is 12.5. The van der Waals surface area contributed by atoms with E-state index in [1.54, 1.807) is 17.0 Å². The van der Waals surface area contributed by atoms with Crippen LogP contribution in [-0.2, 0) is 11.3 Å². The summed E-state index contributed by atoms with van der Waals surface area (Å²) in [5.41, 5.74) is 2.28. The minimum absolute atomic E-state index is 0.0591. The van der Waals surface area contributed by atoms with Crippen LogP contribution in [0.25, 0.3) is 0 Å². The Hall–Kier alpha value is -2.14. The Labute approximate surface area is 130 Å². The molecule has 21 heavy (non-hydrogen) atoms. The summed E-state index contributed by atoms with van der Waals surface area (Å²) in [7, 11) is 0. The van der Waals surface area contributed by atoms with E-state index in [0.717, 1.165) is 15.7 Å². The van der Waals surface area contributed by atoms with Crippen LogP contribution in [-0.4, -0.2) is 23.3 Å². The third kappa shape index (κ3) is 2.97. The molecule has 0 atom stereocenters. The van der Waals surface area contributed by atoms with Crippen molar-refractivity contribution in [1.29, 1.82) is 0 Å². The topological polar surface area (TPSA) is 49.4 Å². The lowest BCUT2D eigenvalue weighted by atomic mass is 10.1. The summed E-state index contributed by atoms with van der Waals surface area (Å²) in [6.45, 7) is 0.480. The zero-order chi connectivity index (χ0) is 14.8. The second-order valence-corrected chi connectivity index (χ2v) is 5.79. The van der Waals surface area contributed by atoms with Crippen molar-refractivity contribution in [2.75, 3.05) is 11.9 Å². The van der Waals surface area contributed by atoms with E-state index in [-0.39, 0.29) is 18.4 Å². The number of rotatable bonds is 1. The minimum atomic E-state index is -0.176. The molecule has 106 valence electrons. The number of amides is 2. The molecule has 0 saturated carbocycles. The molecule has 2 amide bonds. The van der Waals surface area contributed by atoms with E-state index >= 15 is 0 Å². The van der Waals surface area contributed by atoms with Gasteiger partial charge in [0.2, 0.25) is 5.91 Å². The molecule has 0 fully saturated rings. The van der Waals surface area contributed by atoms with Crippen LogP contribution in [0.3, 0.4) is 0 Å². The zero-order valence-electron chi connectivity index (χ0n) is 11.2. The highest BCUT2D eigenvalue weighted by Gasteiger charge is 2.23. The van der Waals surface area contributed by atoms with E-state index in [0.29, 0.717) is 12.1 Å².